The first-order valence-corrected chi connectivity index (χ1v) is 9.16. The molecule has 3 rings (SSSR count). The Morgan fingerprint density at radius 2 is 2.12 bits per heavy atom. The van der Waals surface area contributed by atoms with E-state index in [1.807, 2.05) is 49.3 Å². The van der Waals surface area contributed by atoms with Crippen molar-refractivity contribution in [3.8, 4) is 0 Å². The third kappa shape index (κ3) is 3.86. The normalized spacial score (nSPS) is 16.2. The lowest BCUT2D eigenvalue weighted by Crippen LogP contribution is -2.29. The minimum atomic E-state index is -0.873. The van der Waals surface area contributed by atoms with Gasteiger partial charge in [0.1, 0.15) is 20.7 Å². The van der Waals surface area contributed by atoms with E-state index < -0.39 is 5.97 Å². The fraction of sp³-hybridized carbons (Fsp3) is 0.235. The fourth-order valence-electron chi connectivity index (χ4n) is 2.42. The van der Waals surface area contributed by atoms with E-state index in [1.54, 1.807) is 4.90 Å². The van der Waals surface area contributed by atoms with Crippen molar-refractivity contribution >= 4 is 74.2 Å². The van der Waals surface area contributed by atoms with Crippen LogP contribution >= 0.6 is 36.2 Å². The predicted octanol–water partition coefficient (Wildman–Crippen LogP) is 3.98. The van der Waals surface area contributed by atoms with Crippen LogP contribution in [0.1, 0.15) is 12.2 Å². The molecule has 0 saturated carbocycles. The van der Waals surface area contributed by atoms with Crippen LogP contribution in [0.15, 0.2) is 33.6 Å². The van der Waals surface area contributed by atoms with Gasteiger partial charge < -0.3 is 19.3 Å². The number of thioether (sulfide) groups is 1. The monoisotopic (exact) mass is 392 g/mol. The predicted molar refractivity (Wildman–Crippen MR) is 110 cm³/mol. The maximum atomic E-state index is 10.8. The van der Waals surface area contributed by atoms with E-state index in [-0.39, 0.29) is 13.0 Å². The van der Waals surface area contributed by atoms with Gasteiger partial charge in [0.05, 0.1) is 11.3 Å². The summed E-state index contributed by atoms with van der Waals surface area (Å²) in [6.45, 7) is 0.281. The van der Waals surface area contributed by atoms with Crippen LogP contribution in [0.4, 0.5) is 5.69 Å². The molecule has 0 spiro atoms. The Morgan fingerprint density at radius 1 is 1.36 bits per heavy atom. The van der Waals surface area contributed by atoms with Gasteiger partial charge in [-0.3, -0.25) is 4.79 Å². The lowest BCUT2D eigenvalue weighted by molar-refractivity contribution is -0.137. The van der Waals surface area contributed by atoms with E-state index in [4.69, 9.17) is 34.0 Å². The first kappa shape index (κ1) is 17.9. The molecule has 1 aliphatic heterocycles. The SMILES string of the molecule is CN(C)c1ccc2cc(/C=C3\SC(=S)N(CCC(=O)O)C3=S)oc2c1. The molecule has 0 amide bonds. The number of hydrogen-bond acceptors (Lipinski definition) is 6. The van der Waals surface area contributed by atoms with Crippen molar-refractivity contribution in [2.45, 2.75) is 6.42 Å². The van der Waals surface area contributed by atoms with Crippen molar-refractivity contribution in [2.24, 2.45) is 0 Å². The minimum Gasteiger partial charge on any atom is -0.481 e. The van der Waals surface area contributed by atoms with E-state index in [1.165, 1.54) is 11.8 Å². The van der Waals surface area contributed by atoms with Crippen LogP contribution in [-0.2, 0) is 4.79 Å². The van der Waals surface area contributed by atoms with E-state index in [0.29, 0.717) is 15.1 Å². The smallest absolute Gasteiger partial charge is 0.305 e. The number of aliphatic carboxylic acids is 1. The Bertz CT molecular complexity index is 902. The van der Waals surface area contributed by atoms with Crippen LogP contribution in [0.3, 0.4) is 0 Å². The van der Waals surface area contributed by atoms with Gasteiger partial charge in [-0.1, -0.05) is 36.2 Å². The van der Waals surface area contributed by atoms with Crippen molar-refractivity contribution < 1.29 is 14.3 Å². The molecule has 0 radical (unpaired) electrons. The Kier molecular flexibility index (Phi) is 5.12. The third-order valence-electron chi connectivity index (χ3n) is 3.74. The molecule has 0 unspecified atom stereocenters. The van der Waals surface area contributed by atoms with Crippen LogP contribution in [0, 0.1) is 0 Å². The molecule has 25 heavy (non-hydrogen) atoms. The number of carboxylic acids is 1. The molecule has 1 fully saturated rings. The summed E-state index contributed by atoms with van der Waals surface area (Å²) in [5.41, 5.74) is 1.87. The lowest BCUT2D eigenvalue weighted by Gasteiger charge is -2.14. The van der Waals surface area contributed by atoms with Gasteiger partial charge in [0, 0.05) is 37.8 Å². The Hall–Kier alpha value is -1.90. The van der Waals surface area contributed by atoms with Crippen molar-refractivity contribution in [3.05, 3.63) is 34.9 Å². The van der Waals surface area contributed by atoms with E-state index in [9.17, 15) is 4.79 Å². The molecule has 2 heterocycles. The zero-order chi connectivity index (χ0) is 18.1. The van der Waals surface area contributed by atoms with Gasteiger partial charge in [-0.25, -0.2) is 0 Å². The number of carbonyl (C=O) groups is 1. The Labute approximate surface area is 160 Å². The molecule has 8 heteroatoms. The number of furan rings is 1. The number of anilines is 1. The standard InChI is InChI=1S/C17H16N2O3S3/c1-18(2)11-4-3-10-7-12(22-13(10)8-11)9-14-16(23)19(17(24)25-14)6-5-15(20)21/h3-4,7-9H,5-6H2,1-2H3,(H,20,21)/b14-9-. The van der Waals surface area contributed by atoms with Gasteiger partial charge >= 0.3 is 5.97 Å². The van der Waals surface area contributed by atoms with Crippen molar-refractivity contribution in [3.63, 3.8) is 0 Å². The van der Waals surface area contributed by atoms with Gasteiger partial charge in [0.2, 0.25) is 0 Å². The second-order valence-corrected chi connectivity index (χ2v) is 7.80. The Morgan fingerprint density at radius 3 is 2.80 bits per heavy atom. The first-order valence-electron chi connectivity index (χ1n) is 7.53. The average molecular weight is 393 g/mol. The first-order chi connectivity index (χ1) is 11.8. The third-order valence-corrected chi connectivity index (χ3v) is 5.70. The second kappa shape index (κ2) is 7.15. The highest BCUT2D eigenvalue weighted by Gasteiger charge is 2.29. The number of carboxylic acid groups (broad SMARTS) is 1. The molecule has 0 aliphatic carbocycles. The highest BCUT2D eigenvalue weighted by molar-refractivity contribution is 8.27. The highest BCUT2D eigenvalue weighted by atomic mass is 32.2. The molecule has 5 nitrogen and oxygen atoms in total. The molecule has 0 bridgehead atoms. The molecular weight excluding hydrogens is 376 g/mol. The van der Waals surface area contributed by atoms with Gasteiger partial charge in [0.25, 0.3) is 0 Å². The zero-order valence-corrected chi connectivity index (χ0v) is 16.1. The average Bonchev–Trinajstić information content (AvgIpc) is 3.05. The van der Waals surface area contributed by atoms with Crippen LogP contribution in [-0.4, -0.2) is 45.9 Å². The minimum absolute atomic E-state index is 0.00787. The molecule has 1 saturated heterocycles. The van der Waals surface area contributed by atoms with Crippen LogP contribution in [0.2, 0.25) is 0 Å². The van der Waals surface area contributed by atoms with Crippen molar-refractivity contribution in [1.29, 1.82) is 0 Å². The lowest BCUT2D eigenvalue weighted by atomic mass is 10.2. The number of fused-ring (bicyclic) bond motifs is 1. The Balaban J connectivity index is 1.85. The zero-order valence-electron chi connectivity index (χ0n) is 13.7. The number of rotatable bonds is 5. The molecule has 1 aromatic carbocycles. The van der Waals surface area contributed by atoms with Gasteiger partial charge in [0.15, 0.2) is 0 Å². The summed E-state index contributed by atoms with van der Waals surface area (Å²) >= 11 is 12.1. The molecule has 0 atom stereocenters. The molecule has 130 valence electrons. The van der Waals surface area contributed by atoms with E-state index in [2.05, 4.69) is 0 Å². The molecule has 1 N–H and O–H groups in total. The molecule has 1 aromatic heterocycles. The van der Waals surface area contributed by atoms with E-state index >= 15 is 0 Å². The summed E-state index contributed by atoms with van der Waals surface area (Å²) in [5, 5.41) is 9.85. The summed E-state index contributed by atoms with van der Waals surface area (Å²) in [5.74, 6) is -0.180. The number of nitrogens with zero attached hydrogens (tertiary/aromatic N) is 2. The topological polar surface area (TPSA) is 56.9 Å². The van der Waals surface area contributed by atoms with Crippen LogP contribution in [0.5, 0.6) is 0 Å². The maximum Gasteiger partial charge on any atom is 0.305 e. The number of thiocarbonyl (C=S) groups is 2. The molecule has 1 aliphatic rings. The second-order valence-electron chi connectivity index (χ2n) is 5.74. The van der Waals surface area contributed by atoms with Crippen LogP contribution in [0.25, 0.3) is 17.0 Å². The van der Waals surface area contributed by atoms with Crippen molar-refractivity contribution in [1.82, 2.24) is 4.90 Å². The number of benzene rings is 1. The van der Waals surface area contributed by atoms with Gasteiger partial charge in [-0.2, -0.15) is 0 Å². The van der Waals surface area contributed by atoms with Gasteiger partial charge in [-0.15, -0.1) is 0 Å². The summed E-state index contributed by atoms with van der Waals surface area (Å²) in [6.07, 6.45) is 1.85. The maximum absolute atomic E-state index is 10.8. The molecular formula is C17H16N2O3S3. The van der Waals surface area contributed by atoms with Crippen LogP contribution < -0.4 is 4.90 Å². The molecule has 2 aromatic rings. The van der Waals surface area contributed by atoms with Gasteiger partial charge in [-0.05, 0) is 24.3 Å². The summed E-state index contributed by atoms with van der Waals surface area (Å²) in [7, 11) is 3.96. The quantitative estimate of drug-likeness (QED) is 0.606. The van der Waals surface area contributed by atoms with Crippen molar-refractivity contribution in [2.75, 3.05) is 25.5 Å². The highest BCUT2D eigenvalue weighted by Crippen LogP contribution is 2.35. The number of hydrogen-bond donors (Lipinski definition) is 1. The largest absolute Gasteiger partial charge is 0.481 e. The fourth-order valence-corrected chi connectivity index (χ4v) is 4.21. The summed E-state index contributed by atoms with van der Waals surface area (Å²) in [4.78, 5) is 15.8. The van der Waals surface area contributed by atoms with E-state index in [0.717, 1.165) is 21.6 Å². The summed E-state index contributed by atoms with van der Waals surface area (Å²) < 4.78 is 6.48. The summed E-state index contributed by atoms with van der Waals surface area (Å²) in [6, 6.07) is 7.99.